The van der Waals surface area contributed by atoms with Crippen LogP contribution in [0.1, 0.15) is 77.1 Å². The maximum absolute atomic E-state index is 14.2. The number of nitrogens with one attached hydrogen (secondary N) is 1. The first kappa shape index (κ1) is 31.9. The fourth-order valence-electron chi connectivity index (χ4n) is 6.69. The van der Waals surface area contributed by atoms with Crippen molar-refractivity contribution in [3.63, 3.8) is 0 Å². The summed E-state index contributed by atoms with van der Waals surface area (Å²) in [5.74, 6) is 1.77. The van der Waals surface area contributed by atoms with E-state index < -0.39 is 0 Å². The fourth-order valence-corrected chi connectivity index (χ4v) is 6.85. The van der Waals surface area contributed by atoms with E-state index in [9.17, 15) is 9.18 Å². The van der Waals surface area contributed by atoms with Gasteiger partial charge in [-0.3, -0.25) is 14.7 Å². The standard InChI is InChI=1S/C38H38ClFN6O3/c39-28-8-6-27(31(40)18-28)23-49-37-3-1-2-33(44-37)25-12-15-45(16-13-25)22-36-43-34-19-29(9-11-35(34)46(36)21-30-14-17-48-30)42-38(47)26-7-10-32(41-20-26)24-4-5-24/h1-3,6-11,18-20,24-25,30H,4-5,12-17,21-23H2,(H,42,47)/t30-/m0/s1. The van der Waals surface area contributed by atoms with Crippen LogP contribution in [0.2, 0.25) is 5.02 Å². The van der Waals surface area contributed by atoms with Gasteiger partial charge in [-0.05, 0) is 93.7 Å². The molecular formula is C38H38ClFN6O3. The summed E-state index contributed by atoms with van der Waals surface area (Å²) in [5, 5.41) is 3.39. The topological polar surface area (TPSA) is 94.4 Å². The van der Waals surface area contributed by atoms with Crippen molar-refractivity contribution in [2.24, 2.45) is 0 Å². The number of hydrogen-bond donors (Lipinski definition) is 1. The summed E-state index contributed by atoms with van der Waals surface area (Å²) in [6, 6.07) is 20.1. The van der Waals surface area contributed by atoms with Gasteiger partial charge in [0.25, 0.3) is 5.91 Å². The molecule has 252 valence electrons. The number of anilines is 1. The number of hydrogen-bond acceptors (Lipinski definition) is 7. The molecule has 2 saturated heterocycles. The summed E-state index contributed by atoms with van der Waals surface area (Å²) >= 11 is 5.88. The molecule has 1 N–H and O–H groups in total. The van der Waals surface area contributed by atoms with Crippen LogP contribution in [0.3, 0.4) is 0 Å². The van der Waals surface area contributed by atoms with Gasteiger partial charge in [0.2, 0.25) is 5.88 Å². The van der Waals surface area contributed by atoms with Crippen LogP contribution in [0.15, 0.2) is 72.9 Å². The second kappa shape index (κ2) is 13.9. The van der Waals surface area contributed by atoms with Crippen LogP contribution < -0.4 is 10.1 Å². The molecule has 0 radical (unpaired) electrons. The number of amides is 1. The van der Waals surface area contributed by atoms with Gasteiger partial charge in [-0.15, -0.1) is 0 Å². The molecule has 5 heterocycles. The number of aromatic nitrogens is 4. The largest absolute Gasteiger partial charge is 0.473 e. The molecule has 8 rings (SSSR count). The molecule has 1 saturated carbocycles. The van der Waals surface area contributed by atoms with E-state index in [0.29, 0.717) is 39.6 Å². The Balaban J connectivity index is 0.920. The second-order valence-corrected chi connectivity index (χ2v) is 13.7. The highest BCUT2D eigenvalue weighted by Gasteiger charge is 2.27. The van der Waals surface area contributed by atoms with Crippen LogP contribution in [0.25, 0.3) is 11.0 Å². The van der Waals surface area contributed by atoms with Gasteiger partial charge in [-0.1, -0.05) is 23.7 Å². The summed E-state index contributed by atoms with van der Waals surface area (Å²) in [7, 11) is 0. The van der Waals surface area contributed by atoms with Gasteiger partial charge < -0.3 is 19.4 Å². The maximum atomic E-state index is 14.2. The lowest BCUT2D eigenvalue weighted by atomic mass is 9.93. The van der Waals surface area contributed by atoms with E-state index in [1.54, 1.807) is 18.3 Å². The van der Waals surface area contributed by atoms with Crippen LogP contribution in [0.5, 0.6) is 5.88 Å². The Labute approximate surface area is 289 Å². The number of pyridine rings is 2. The molecular weight excluding hydrogens is 643 g/mol. The maximum Gasteiger partial charge on any atom is 0.257 e. The first-order valence-electron chi connectivity index (χ1n) is 17.1. The smallest absolute Gasteiger partial charge is 0.257 e. The predicted molar refractivity (Wildman–Crippen MR) is 185 cm³/mol. The van der Waals surface area contributed by atoms with E-state index in [1.807, 2.05) is 48.5 Å². The fraction of sp³-hybridized carbons (Fsp3) is 0.368. The van der Waals surface area contributed by atoms with Gasteiger partial charge >= 0.3 is 0 Å². The van der Waals surface area contributed by atoms with Crippen LogP contribution in [0.4, 0.5) is 10.1 Å². The average molecular weight is 681 g/mol. The summed E-state index contributed by atoms with van der Waals surface area (Å²) < 4.78 is 28.2. The molecule has 9 nitrogen and oxygen atoms in total. The highest BCUT2D eigenvalue weighted by molar-refractivity contribution is 6.30. The Kier molecular flexibility index (Phi) is 9.01. The van der Waals surface area contributed by atoms with Gasteiger partial charge in [0.1, 0.15) is 18.2 Å². The minimum absolute atomic E-state index is 0.0876. The lowest BCUT2D eigenvalue weighted by Gasteiger charge is -2.32. The van der Waals surface area contributed by atoms with Gasteiger partial charge in [0.15, 0.2) is 0 Å². The van der Waals surface area contributed by atoms with Crippen molar-refractivity contribution in [1.29, 1.82) is 0 Å². The molecule has 1 atom stereocenters. The molecule has 3 aromatic heterocycles. The predicted octanol–water partition coefficient (Wildman–Crippen LogP) is 7.50. The summed E-state index contributed by atoms with van der Waals surface area (Å²) in [5.41, 5.74) is 5.63. The van der Waals surface area contributed by atoms with Crippen molar-refractivity contribution in [1.82, 2.24) is 24.4 Å². The zero-order valence-corrected chi connectivity index (χ0v) is 27.9. The molecule has 49 heavy (non-hydrogen) atoms. The van der Waals surface area contributed by atoms with E-state index in [0.717, 1.165) is 80.3 Å². The molecule has 3 aliphatic rings. The summed E-state index contributed by atoms with van der Waals surface area (Å²) in [4.78, 5) is 29.8. The number of carbonyl (C=O) groups is 1. The van der Waals surface area contributed by atoms with Crippen LogP contribution >= 0.6 is 11.6 Å². The molecule has 11 heteroatoms. The van der Waals surface area contributed by atoms with E-state index >= 15 is 0 Å². The molecule has 2 aromatic carbocycles. The van der Waals surface area contributed by atoms with Crippen molar-refractivity contribution in [3.05, 3.63) is 112 Å². The lowest BCUT2D eigenvalue weighted by molar-refractivity contribution is -0.0592. The van der Waals surface area contributed by atoms with E-state index in [2.05, 4.69) is 19.8 Å². The number of likely N-dealkylation sites (tertiary alicyclic amines) is 1. The second-order valence-electron chi connectivity index (χ2n) is 13.3. The van der Waals surface area contributed by atoms with Crippen molar-refractivity contribution in [2.45, 2.75) is 69.7 Å². The molecule has 0 bridgehead atoms. The number of imidazole rings is 1. The van der Waals surface area contributed by atoms with Crippen molar-refractivity contribution < 1.29 is 18.7 Å². The third-order valence-electron chi connectivity index (χ3n) is 9.82. The summed E-state index contributed by atoms with van der Waals surface area (Å²) in [6.07, 6.45) is 7.17. The van der Waals surface area contributed by atoms with Gasteiger partial charge in [0.05, 0.1) is 35.8 Å². The number of piperidine rings is 1. The van der Waals surface area contributed by atoms with Gasteiger partial charge in [-0.2, -0.15) is 0 Å². The molecule has 1 aliphatic carbocycles. The Hall–Kier alpha value is -4.38. The van der Waals surface area contributed by atoms with Crippen LogP contribution in [0, 0.1) is 5.82 Å². The van der Waals surface area contributed by atoms with E-state index in [1.165, 1.54) is 18.9 Å². The van der Waals surface area contributed by atoms with E-state index in [4.69, 9.17) is 31.0 Å². The number of ether oxygens (including phenoxy) is 2. The van der Waals surface area contributed by atoms with Crippen LogP contribution in [-0.2, 0) is 24.4 Å². The Morgan fingerprint density at radius 3 is 2.53 bits per heavy atom. The number of benzene rings is 2. The monoisotopic (exact) mass is 680 g/mol. The number of nitrogens with zero attached hydrogens (tertiary/aromatic N) is 5. The first-order valence-corrected chi connectivity index (χ1v) is 17.5. The Bertz CT molecular complexity index is 1970. The number of rotatable bonds is 11. The molecule has 1 amide bonds. The van der Waals surface area contributed by atoms with Crippen molar-refractivity contribution in [2.75, 3.05) is 25.0 Å². The van der Waals surface area contributed by atoms with Gasteiger partial charge in [0, 0.05) is 58.4 Å². The highest BCUT2D eigenvalue weighted by atomic mass is 35.5. The zero-order chi connectivity index (χ0) is 33.3. The molecule has 2 aliphatic heterocycles. The quantitative estimate of drug-likeness (QED) is 0.154. The van der Waals surface area contributed by atoms with Crippen molar-refractivity contribution in [3.8, 4) is 5.88 Å². The minimum atomic E-state index is -0.389. The third kappa shape index (κ3) is 7.32. The van der Waals surface area contributed by atoms with Crippen molar-refractivity contribution >= 4 is 34.2 Å². The summed E-state index contributed by atoms with van der Waals surface area (Å²) in [6.45, 7) is 4.17. The average Bonchev–Trinajstić information content (AvgIpc) is 3.89. The third-order valence-corrected chi connectivity index (χ3v) is 10.1. The van der Waals surface area contributed by atoms with Gasteiger partial charge in [-0.25, -0.2) is 14.4 Å². The number of halogens is 2. The molecule has 0 unspecified atom stereocenters. The number of carbonyl (C=O) groups excluding carboxylic acids is 1. The highest BCUT2D eigenvalue weighted by Crippen LogP contribution is 2.38. The SMILES string of the molecule is O=C(Nc1ccc2c(c1)nc(CN1CCC(c3cccc(OCc4ccc(Cl)cc4F)n3)CC1)n2C[C@@H]1CCO1)c1ccc(C2CC2)nc1. The number of fused-ring (bicyclic) bond motifs is 1. The minimum Gasteiger partial charge on any atom is -0.473 e. The Morgan fingerprint density at radius 1 is 0.959 bits per heavy atom. The molecule has 5 aromatic rings. The van der Waals surface area contributed by atoms with Crippen LogP contribution in [-0.4, -0.2) is 56.1 Å². The normalized spacial score (nSPS) is 18.4. The Morgan fingerprint density at radius 2 is 1.80 bits per heavy atom. The lowest BCUT2D eigenvalue weighted by Crippen LogP contribution is -2.35. The zero-order valence-electron chi connectivity index (χ0n) is 27.2. The van der Waals surface area contributed by atoms with E-state index in [-0.39, 0.29) is 24.4 Å². The molecule has 0 spiro atoms. The molecule has 3 fully saturated rings. The first-order chi connectivity index (χ1) is 23.9.